The van der Waals surface area contributed by atoms with Gasteiger partial charge in [0.25, 0.3) is 11.1 Å². The standard InChI is InChI=1S/C20H17N3O4S/c21-10-5-11-22-18(24)12-26-19(25)15-7-2-1-6-14(15)13-28-20-23-16-8-3-4-9-17(16)27-20/h1-4,6-9H,5,11-13H2,(H,22,24). The van der Waals surface area contributed by atoms with Crippen molar-refractivity contribution in [3.63, 3.8) is 0 Å². The summed E-state index contributed by atoms with van der Waals surface area (Å²) in [6, 6.07) is 16.4. The van der Waals surface area contributed by atoms with Crippen LogP contribution in [-0.2, 0) is 15.3 Å². The Hall–Kier alpha value is -3.31. The van der Waals surface area contributed by atoms with E-state index in [-0.39, 0.29) is 13.0 Å². The van der Waals surface area contributed by atoms with Gasteiger partial charge in [0.05, 0.1) is 18.1 Å². The first kappa shape index (κ1) is 19.5. The van der Waals surface area contributed by atoms with E-state index in [1.807, 2.05) is 42.5 Å². The molecule has 3 rings (SSSR count). The van der Waals surface area contributed by atoms with Gasteiger partial charge in [-0.15, -0.1) is 0 Å². The summed E-state index contributed by atoms with van der Waals surface area (Å²) in [6.07, 6.45) is 0.204. The van der Waals surface area contributed by atoms with Crippen molar-refractivity contribution in [2.45, 2.75) is 17.4 Å². The second kappa shape index (κ2) is 9.58. The molecule has 1 heterocycles. The smallest absolute Gasteiger partial charge is 0.338 e. The normalized spacial score (nSPS) is 10.4. The number of fused-ring (bicyclic) bond motifs is 1. The van der Waals surface area contributed by atoms with E-state index in [1.54, 1.807) is 12.1 Å². The van der Waals surface area contributed by atoms with Crippen LogP contribution in [-0.4, -0.2) is 30.0 Å². The lowest BCUT2D eigenvalue weighted by Crippen LogP contribution is -2.29. The highest BCUT2D eigenvalue weighted by Crippen LogP contribution is 2.27. The minimum Gasteiger partial charge on any atom is -0.452 e. The topological polar surface area (TPSA) is 105 Å². The molecule has 0 atom stereocenters. The van der Waals surface area contributed by atoms with Gasteiger partial charge in [0.2, 0.25) is 0 Å². The molecular weight excluding hydrogens is 378 g/mol. The molecule has 28 heavy (non-hydrogen) atoms. The third kappa shape index (κ3) is 5.11. The van der Waals surface area contributed by atoms with Gasteiger partial charge in [-0.3, -0.25) is 4.79 Å². The molecule has 0 unspecified atom stereocenters. The van der Waals surface area contributed by atoms with Crippen LogP contribution in [0.3, 0.4) is 0 Å². The van der Waals surface area contributed by atoms with Crippen molar-refractivity contribution < 1.29 is 18.7 Å². The number of benzene rings is 2. The summed E-state index contributed by atoms with van der Waals surface area (Å²) in [4.78, 5) is 28.4. The molecule has 1 aromatic heterocycles. The molecule has 0 fully saturated rings. The quantitative estimate of drug-likeness (QED) is 0.354. The number of nitrogens with zero attached hydrogens (tertiary/aromatic N) is 2. The van der Waals surface area contributed by atoms with E-state index in [0.29, 0.717) is 22.1 Å². The number of rotatable bonds is 8. The number of nitrogens with one attached hydrogen (secondary N) is 1. The number of para-hydroxylation sites is 2. The van der Waals surface area contributed by atoms with Crippen LogP contribution in [0.15, 0.2) is 58.2 Å². The minimum absolute atomic E-state index is 0.204. The number of esters is 1. The van der Waals surface area contributed by atoms with Gasteiger partial charge in [-0.2, -0.15) is 5.26 Å². The van der Waals surface area contributed by atoms with Gasteiger partial charge in [0, 0.05) is 12.3 Å². The van der Waals surface area contributed by atoms with Crippen LogP contribution in [0.25, 0.3) is 11.1 Å². The summed E-state index contributed by atoms with van der Waals surface area (Å²) in [5.74, 6) is -0.557. The van der Waals surface area contributed by atoms with Crippen molar-refractivity contribution in [2.24, 2.45) is 0 Å². The number of ether oxygens (including phenoxy) is 1. The van der Waals surface area contributed by atoms with Gasteiger partial charge in [0.15, 0.2) is 12.2 Å². The number of oxazole rings is 1. The summed E-state index contributed by atoms with van der Waals surface area (Å²) < 4.78 is 10.8. The number of carbonyl (C=O) groups is 2. The fourth-order valence-electron chi connectivity index (χ4n) is 2.42. The number of hydrogen-bond acceptors (Lipinski definition) is 7. The fraction of sp³-hybridized carbons (Fsp3) is 0.200. The fourth-order valence-corrected chi connectivity index (χ4v) is 3.26. The average Bonchev–Trinajstić information content (AvgIpc) is 3.14. The molecule has 2 aromatic carbocycles. The molecular formula is C20H17N3O4S. The zero-order valence-corrected chi connectivity index (χ0v) is 15.7. The van der Waals surface area contributed by atoms with Crippen LogP contribution in [0.5, 0.6) is 0 Å². The molecule has 7 nitrogen and oxygen atoms in total. The molecule has 0 spiro atoms. The first-order valence-corrected chi connectivity index (χ1v) is 9.53. The Balaban J connectivity index is 1.59. The van der Waals surface area contributed by atoms with E-state index in [2.05, 4.69) is 10.3 Å². The van der Waals surface area contributed by atoms with E-state index in [4.69, 9.17) is 14.4 Å². The Morgan fingerprint density at radius 1 is 1.18 bits per heavy atom. The second-order valence-corrected chi connectivity index (χ2v) is 6.65. The average molecular weight is 395 g/mol. The van der Waals surface area contributed by atoms with E-state index in [9.17, 15) is 9.59 Å². The van der Waals surface area contributed by atoms with Crippen LogP contribution in [0, 0.1) is 11.3 Å². The first-order valence-electron chi connectivity index (χ1n) is 8.54. The SMILES string of the molecule is N#CCCNC(=O)COC(=O)c1ccccc1CSc1nc2ccccc2o1. The summed E-state index contributed by atoms with van der Waals surface area (Å²) in [6.45, 7) is -0.165. The van der Waals surface area contributed by atoms with E-state index >= 15 is 0 Å². The molecule has 3 aromatic rings. The molecule has 142 valence electrons. The zero-order chi connectivity index (χ0) is 19.8. The number of hydrogen-bond donors (Lipinski definition) is 1. The molecule has 0 saturated carbocycles. The molecule has 0 radical (unpaired) electrons. The molecule has 0 aliphatic rings. The van der Waals surface area contributed by atoms with Crippen molar-refractivity contribution in [2.75, 3.05) is 13.2 Å². The predicted molar refractivity (Wildman–Crippen MR) is 104 cm³/mol. The first-order chi connectivity index (χ1) is 13.7. The lowest BCUT2D eigenvalue weighted by Gasteiger charge is -2.09. The van der Waals surface area contributed by atoms with Crippen LogP contribution in [0.2, 0.25) is 0 Å². The number of carbonyl (C=O) groups excluding carboxylic acids is 2. The Morgan fingerprint density at radius 2 is 1.96 bits per heavy atom. The second-order valence-electron chi connectivity index (χ2n) is 5.73. The van der Waals surface area contributed by atoms with Gasteiger partial charge in [-0.05, 0) is 23.8 Å². The van der Waals surface area contributed by atoms with Gasteiger partial charge in [-0.25, -0.2) is 9.78 Å². The van der Waals surface area contributed by atoms with E-state index in [1.165, 1.54) is 11.8 Å². The molecule has 0 bridgehead atoms. The Labute approximate surface area is 165 Å². The van der Waals surface area contributed by atoms with Crippen molar-refractivity contribution in [3.05, 3.63) is 59.7 Å². The third-order valence-electron chi connectivity index (χ3n) is 3.76. The Kier molecular flexibility index (Phi) is 6.65. The lowest BCUT2D eigenvalue weighted by atomic mass is 10.1. The molecule has 1 N–H and O–H groups in total. The van der Waals surface area contributed by atoms with Crippen molar-refractivity contribution in [1.29, 1.82) is 5.26 Å². The maximum absolute atomic E-state index is 12.3. The Bertz CT molecular complexity index is 992. The Morgan fingerprint density at radius 3 is 2.79 bits per heavy atom. The van der Waals surface area contributed by atoms with Crippen molar-refractivity contribution >= 4 is 34.7 Å². The summed E-state index contributed by atoms with van der Waals surface area (Å²) >= 11 is 1.37. The minimum atomic E-state index is -0.579. The summed E-state index contributed by atoms with van der Waals surface area (Å²) in [7, 11) is 0. The molecule has 8 heteroatoms. The number of amides is 1. The van der Waals surface area contributed by atoms with Gasteiger partial charge >= 0.3 is 5.97 Å². The van der Waals surface area contributed by atoms with E-state index < -0.39 is 18.5 Å². The summed E-state index contributed by atoms with van der Waals surface area (Å²) in [5, 5.41) is 11.5. The van der Waals surface area contributed by atoms with Crippen LogP contribution in [0.1, 0.15) is 22.3 Å². The van der Waals surface area contributed by atoms with Crippen molar-refractivity contribution in [3.8, 4) is 6.07 Å². The number of thioether (sulfide) groups is 1. The maximum atomic E-state index is 12.3. The van der Waals surface area contributed by atoms with Crippen LogP contribution < -0.4 is 5.32 Å². The molecule has 0 aliphatic heterocycles. The highest BCUT2D eigenvalue weighted by molar-refractivity contribution is 7.98. The molecule has 0 saturated heterocycles. The molecule has 0 aliphatic carbocycles. The van der Waals surface area contributed by atoms with Gasteiger partial charge < -0.3 is 14.5 Å². The lowest BCUT2D eigenvalue weighted by molar-refractivity contribution is -0.124. The monoisotopic (exact) mass is 395 g/mol. The number of aromatic nitrogens is 1. The predicted octanol–water partition coefficient (Wildman–Crippen LogP) is 3.31. The maximum Gasteiger partial charge on any atom is 0.338 e. The zero-order valence-electron chi connectivity index (χ0n) is 14.9. The molecule has 1 amide bonds. The largest absolute Gasteiger partial charge is 0.452 e. The van der Waals surface area contributed by atoms with Crippen molar-refractivity contribution in [1.82, 2.24) is 10.3 Å². The van der Waals surface area contributed by atoms with Gasteiger partial charge in [-0.1, -0.05) is 42.1 Å². The number of nitriles is 1. The highest BCUT2D eigenvalue weighted by atomic mass is 32.2. The summed E-state index contributed by atoms with van der Waals surface area (Å²) in [5.41, 5.74) is 2.63. The van der Waals surface area contributed by atoms with E-state index in [0.717, 1.165) is 11.1 Å². The van der Waals surface area contributed by atoms with Gasteiger partial charge in [0.1, 0.15) is 5.52 Å². The highest BCUT2D eigenvalue weighted by Gasteiger charge is 2.15. The third-order valence-corrected chi connectivity index (χ3v) is 4.63. The van der Waals surface area contributed by atoms with Crippen LogP contribution >= 0.6 is 11.8 Å². The van der Waals surface area contributed by atoms with Crippen LogP contribution in [0.4, 0.5) is 0 Å².